The highest BCUT2D eigenvalue weighted by atomic mass is 35.5. The predicted octanol–water partition coefficient (Wildman–Crippen LogP) is 4.23. The van der Waals surface area contributed by atoms with Crippen LogP contribution in [0, 0.1) is 13.8 Å². The van der Waals surface area contributed by atoms with Crippen molar-refractivity contribution in [3.8, 4) is 5.75 Å². The van der Waals surface area contributed by atoms with Crippen LogP contribution in [-0.2, 0) is 4.74 Å². The van der Waals surface area contributed by atoms with E-state index in [1.807, 2.05) is 0 Å². The van der Waals surface area contributed by atoms with Crippen LogP contribution < -0.4 is 4.74 Å². The van der Waals surface area contributed by atoms with Crippen LogP contribution in [0.4, 0.5) is 0 Å². The van der Waals surface area contributed by atoms with Gasteiger partial charge in [0.25, 0.3) is 0 Å². The Labute approximate surface area is 150 Å². The van der Waals surface area contributed by atoms with Crippen molar-refractivity contribution >= 4 is 29.2 Å². The van der Waals surface area contributed by atoms with E-state index in [2.05, 4.69) is 4.98 Å². The topological polar surface area (TPSA) is 71.6 Å². The lowest BCUT2D eigenvalue weighted by molar-refractivity contribution is 0.0443. The molecule has 0 aliphatic rings. The van der Waals surface area contributed by atoms with E-state index in [1.54, 1.807) is 39.0 Å². The van der Waals surface area contributed by atoms with Crippen LogP contribution in [0.1, 0.15) is 40.3 Å². The van der Waals surface area contributed by atoms with Crippen molar-refractivity contribution in [3.05, 3.63) is 50.8 Å². The molecule has 1 atom stereocenters. The van der Waals surface area contributed by atoms with Gasteiger partial charge in [0.05, 0.1) is 16.1 Å². The van der Waals surface area contributed by atoms with E-state index < -0.39 is 12.1 Å². The van der Waals surface area contributed by atoms with E-state index >= 15 is 0 Å². The van der Waals surface area contributed by atoms with Gasteiger partial charge in [0.1, 0.15) is 18.9 Å². The van der Waals surface area contributed by atoms with Crippen molar-refractivity contribution in [3.63, 3.8) is 0 Å². The van der Waals surface area contributed by atoms with Gasteiger partial charge in [0, 0.05) is 11.3 Å². The minimum absolute atomic E-state index is 0.0436. The van der Waals surface area contributed by atoms with Crippen molar-refractivity contribution in [1.29, 1.82) is 0 Å². The molecule has 0 amide bonds. The summed E-state index contributed by atoms with van der Waals surface area (Å²) in [6.07, 6.45) is -0.659. The van der Waals surface area contributed by atoms with Crippen molar-refractivity contribution in [1.82, 2.24) is 4.98 Å². The number of hydrogen-bond donors (Lipinski definition) is 2. The Bertz CT molecular complexity index is 720. The highest BCUT2D eigenvalue weighted by Gasteiger charge is 2.20. The molecule has 0 bridgehead atoms. The second kappa shape index (κ2) is 7.92. The third-order valence-corrected chi connectivity index (χ3v) is 4.19. The Morgan fingerprint density at radius 3 is 2.42 bits per heavy atom. The van der Waals surface area contributed by atoms with E-state index in [1.165, 1.54) is 0 Å². The van der Waals surface area contributed by atoms with Crippen LogP contribution >= 0.6 is 23.2 Å². The first-order valence-corrected chi connectivity index (χ1v) is 8.19. The highest BCUT2D eigenvalue weighted by molar-refractivity contribution is 6.37. The molecule has 0 radical (unpaired) electrons. The van der Waals surface area contributed by atoms with Crippen LogP contribution in [0.3, 0.4) is 0 Å². The molecule has 0 aliphatic heterocycles. The van der Waals surface area contributed by atoms with E-state index in [9.17, 15) is 9.90 Å². The zero-order valence-electron chi connectivity index (χ0n) is 13.7. The maximum atomic E-state index is 12.2. The number of esters is 1. The number of aryl methyl sites for hydroxylation is 1. The first kappa shape index (κ1) is 18.6. The molecule has 1 aromatic carbocycles. The van der Waals surface area contributed by atoms with Gasteiger partial charge in [0.2, 0.25) is 0 Å². The lowest BCUT2D eigenvalue weighted by atomic mass is 10.1. The molecule has 1 aromatic heterocycles. The summed E-state index contributed by atoms with van der Waals surface area (Å²) in [5, 5.41) is 10.5. The molecule has 0 spiro atoms. The molecule has 0 aliphatic carbocycles. The number of H-pyrrole nitrogens is 1. The molecule has 0 saturated carbocycles. The molecule has 2 aromatic rings. The number of carbonyl (C=O) groups excluding carboxylic acids is 1. The summed E-state index contributed by atoms with van der Waals surface area (Å²) in [6, 6.07) is 5.04. The second-order valence-corrected chi connectivity index (χ2v) is 6.19. The summed E-state index contributed by atoms with van der Waals surface area (Å²) < 4.78 is 10.7. The van der Waals surface area contributed by atoms with Gasteiger partial charge in [-0.2, -0.15) is 0 Å². The maximum absolute atomic E-state index is 12.2. The largest absolute Gasteiger partial charge is 0.487 e. The quantitative estimate of drug-likeness (QED) is 0.588. The lowest BCUT2D eigenvalue weighted by Crippen LogP contribution is -2.14. The highest BCUT2D eigenvalue weighted by Crippen LogP contribution is 2.32. The van der Waals surface area contributed by atoms with E-state index in [0.717, 1.165) is 5.69 Å². The molecule has 0 saturated heterocycles. The van der Waals surface area contributed by atoms with Gasteiger partial charge in [-0.05, 0) is 38.5 Å². The second-order valence-electron chi connectivity index (χ2n) is 5.37. The summed E-state index contributed by atoms with van der Waals surface area (Å²) in [5.74, 6) is -0.142. The standard InChI is InChI=1S/C17H19Cl2NO4/c1-9-14(11(3)21)10(2)20-15(9)17(22)24-8-7-23-16-12(18)5-4-6-13(16)19/h4-6,11,20-21H,7-8H2,1-3H3/t11-/m1/s1. The maximum Gasteiger partial charge on any atom is 0.355 e. The predicted molar refractivity (Wildman–Crippen MR) is 93.1 cm³/mol. The van der Waals surface area contributed by atoms with E-state index in [4.69, 9.17) is 32.7 Å². The minimum Gasteiger partial charge on any atom is -0.487 e. The monoisotopic (exact) mass is 371 g/mol. The van der Waals surface area contributed by atoms with Crippen molar-refractivity contribution in [2.75, 3.05) is 13.2 Å². The zero-order valence-corrected chi connectivity index (χ0v) is 15.2. The van der Waals surface area contributed by atoms with Gasteiger partial charge in [-0.1, -0.05) is 29.3 Å². The molecule has 1 heterocycles. The van der Waals surface area contributed by atoms with Gasteiger partial charge in [-0.3, -0.25) is 0 Å². The molecule has 7 heteroatoms. The third kappa shape index (κ3) is 4.04. The minimum atomic E-state index is -0.659. The Hall–Kier alpha value is -1.69. The Morgan fingerprint density at radius 1 is 1.25 bits per heavy atom. The fourth-order valence-corrected chi connectivity index (χ4v) is 3.07. The summed E-state index contributed by atoms with van der Waals surface area (Å²) in [6.45, 7) is 5.38. The zero-order chi connectivity index (χ0) is 17.9. The number of para-hydroxylation sites is 1. The molecule has 5 nitrogen and oxygen atoms in total. The average Bonchev–Trinajstić information content (AvgIpc) is 2.80. The molecule has 24 heavy (non-hydrogen) atoms. The van der Waals surface area contributed by atoms with Crippen LogP contribution in [0.5, 0.6) is 5.75 Å². The Kier molecular flexibility index (Phi) is 6.15. The molecule has 130 valence electrons. The summed E-state index contributed by atoms with van der Waals surface area (Å²) >= 11 is 12.0. The number of hydrogen-bond acceptors (Lipinski definition) is 4. The smallest absolute Gasteiger partial charge is 0.355 e. The molecule has 0 fully saturated rings. The first-order valence-electron chi connectivity index (χ1n) is 7.44. The number of ether oxygens (including phenoxy) is 2. The SMILES string of the molecule is Cc1[nH]c(C(=O)OCCOc2c(Cl)cccc2Cl)c(C)c1[C@@H](C)O. The number of nitrogens with one attached hydrogen (secondary N) is 1. The summed E-state index contributed by atoms with van der Waals surface area (Å²) in [4.78, 5) is 15.1. The number of rotatable bonds is 6. The van der Waals surface area contributed by atoms with Crippen LogP contribution in [0.25, 0.3) is 0 Å². The number of benzene rings is 1. The van der Waals surface area contributed by atoms with Crippen molar-refractivity contribution in [2.24, 2.45) is 0 Å². The summed E-state index contributed by atoms with van der Waals surface area (Å²) in [7, 11) is 0. The van der Waals surface area contributed by atoms with Gasteiger partial charge in [0.15, 0.2) is 5.75 Å². The average molecular weight is 372 g/mol. The number of aliphatic hydroxyl groups is 1. The van der Waals surface area contributed by atoms with Gasteiger partial charge in [-0.15, -0.1) is 0 Å². The van der Waals surface area contributed by atoms with Crippen LogP contribution in [0.2, 0.25) is 10.0 Å². The van der Waals surface area contributed by atoms with Crippen LogP contribution in [0.15, 0.2) is 18.2 Å². The van der Waals surface area contributed by atoms with Gasteiger partial charge in [-0.25, -0.2) is 4.79 Å². The molecule has 0 unspecified atom stereocenters. The molecule has 2 rings (SSSR count). The molecular weight excluding hydrogens is 353 g/mol. The first-order chi connectivity index (χ1) is 11.3. The number of carbonyl (C=O) groups is 1. The van der Waals surface area contributed by atoms with Gasteiger partial charge >= 0.3 is 5.97 Å². The van der Waals surface area contributed by atoms with Crippen LogP contribution in [-0.4, -0.2) is 29.3 Å². The summed E-state index contributed by atoms with van der Waals surface area (Å²) in [5.41, 5.74) is 2.47. The molecule has 2 N–H and O–H groups in total. The van der Waals surface area contributed by atoms with Gasteiger partial charge < -0.3 is 19.6 Å². The lowest BCUT2D eigenvalue weighted by Gasteiger charge is -2.10. The third-order valence-electron chi connectivity index (χ3n) is 3.60. The number of aliphatic hydroxyl groups excluding tert-OH is 1. The Morgan fingerprint density at radius 2 is 1.88 bits per heavy atom. The number of aromatic nitrogens is 1. The Balaban J connectivity index is 1.94. The van der Waals surface area contributed by atoms with Crippen molar-refractivity contribution in [2.45, 2.75) is 26.9 Å². The molecular formula is C17H19Cl2NO4. The van der Waals surface area contributed by atoms with E-state index in [-0.39, 0.29) is 13.2 Å². The van der Waals surface area contributed by atoms with Crippen molar-refractivity contribution < 1.29 is 19.4 Å². The van der Waals surface area contributed by atoms with E-state index in [0.29, 0.717) is 32.6 Å². The number of halogens is 2. The number of aromatic amines is 1. The normalized spacial score (nSPS) is 12.1. The fraction of sp³-hybridized carbons (Fsp3) is 0.353. The fourth-order valence-electron chi connectivity index (χ4n) is 2.57.